The summed E-state index contributed by atoms with van der Waals surface area (Å²) >= 11 is 0. The highest BCUT2D eigenvalue weighted by Crippen LogP contribution is 2.22. The minimum absolute atomic E-state index is 0.101. The number of hydrogen-bond acceptors (Lipinski definition) is 4. The van der Waals surface area contributed by atoms with E-state index in [0.717, 1.165) is 12.1 Å². The Labute approximate surface area is 163 Å². The summed E-state index contributed by atoms with van der Waals surface area (Å²) in [5.41, 5.74) is 0.0256. The summed E-state index contributed by atoms with van der Waals surface area (Å²) in [7, 11) is 3.20. The summed E-state index contributed by atoms with van der Waals surface area (Å²) in [6, 6.07) is 8.08. The van der Waals surface area contributed by atoms with Gasteiger partial charge in [-0.3, -0.25) is 4.79 Å². The van der Waals surface area contributed by atoms with Gasteiger partial charge in [0, 0.05) is 23.1 Å². The summed E-state index contributed by atoms with van der Waals surface area (Å²) < 4.78 is 50.3. The van der Waals surface area contributed by atoms with E-state index < -0.39 is 34.7 Å². The molecule has 1 atom stereocenters. The molecule has 0 bridgehead atoms. The number of benzene rings is 2. The van der Waals surface area contributed by atoms with Gasteiger partial charge in [0.25, 0.3) is 5.91 Å². The van der Waals surface area contributed by atoms with Gasteiger partial charge in [0.05, 0.1) is 19.8 Å². The predicted molar refractivity (Wildman–Crippen MR) is 99.4 cm³/mol. The van der Waals surface area contributed by atoms with Crippen molar-refractivity contribution in [3.05, 3.63) is 69.8 Å². The topological polar surface area (TPSA) is 73.0 Å². The van der Waals surface area contributed by atoms with Gasteiger partial charge < -0.3 is 19.4 Å². The van der Waals surface area contributed by atoms with E-state index >= 15 is 0 Å². The number of amides is 1. The van der Waals surface area contributed by atoms with Gasteiger partial charge in [0.1, 0.15) is 17.9 Å². The van der Waals surface area contributed by atoms with Crippen molar-refractivity contribution in [2.24, 2.45) is 0 Å². The third-order valence-corrected chi connectivity index (χ3v) is 4.30. The second kappa shape index (κ2) is 8.36. The van der Waals surface area contributed by atoms with E-state index in [-0.39, 0.29) is 6.54 Å². The van der Waals surface area contributed by atoms with Crippen LogP contribution in [0.3, 0.4) is 0 Å². The molecule has 0 radical (unpaired) electrons. The lowest BCUT2D eigenvalue weighted by Gasteiger charge is -2.15. The number of likely N-dealkylation sites (N-methyl/N-ethyl adjacent to an activating group) is 1. The summed E-state index contributed by atoms with van der Waals surface area (Å²) in [5.74, 6) is -4.51. The molecule has 2 N–H and O–H groups in total. The van der Waals surface area contributed by atoms with Crippen LogP contribution in [0.4, 0.5) is 18.9 Å². The number of rotatable bonds is 6. The van der Waals surface area contributed by atoms with Gasteiger partial charge in [-0.05, 0) is 24.3 Å². The number of quaternary nitrogens is 1. The maximum atomic E-state index is 13.7. The Kier molecular flexibility index (Phi) is 5.88. The van der Waals surface area contributed by atoms with Crippen LogP contribution in [0.25, 0.3) is 11.0 Å². The molecule has 0 aliphatic rings. The molecule has 1 heterocycles. The number of hydrogen-bond donors (Lipinski definition) is 2. The SMILES string of the molecule is COc1ccc2c(C[NH+](C)CC(=O)Nc3ccc(F)c(F)c3F)cc(=O)oc2c1. The number of methoxy groups -OCH3 is 1. The van der Waals surface area contributed by atoms with Gasteiger partial charge in [-0.1, -0.05) is 0 Å². The average Bonchev–Trinajstić information content (AvgIpc) is 2.67. The third kappa shape index (κ3) is 4.57. The first-order valence-electron chi connectivity index (χ1n) is 8.64. The Bertz CT molecular complexity index is 1130. The lowest BCUT2D eigenvalue weighted by molar-refractivity contribution is -0.885. The number of fused-ring (bicyclic) bond motifs is 1. The molecule has 0 aliphatic heterocycles. The van der Waals surface area contributed by atoms with Crippen molar-refractivity contribution in [3.8, 4) is 5.75 Å². The monoisotopic (exact) mass is 407 g/mol. The Balaban J connectivity index is 1.74. The number of anilines is 1. The van der Waals surface area contributed by atoms with E-state index in [4.69, 9.17) is 9.15 Å². The summed E-state index contributed by atoms with van der Waals surface area (Å²) in [4.78, 5) is 24.7. The molecule has 0 saturated carbocycles. The van der Waals surface area contributed by atoms with Gasteiger partial charge in [0.2, 0.25) is 0 Å². The largest absolute Gasteiger partial charge is 0.497 e. The van der Waals surface area contributed by atoms with Crippen LogP contribution in [0.5, 0.6) is 5.75 Å². The number of halogens is 3. The molecule has 29 heavy (non-hydrogen) atoms. The molecule has 1 amide bonds. The number of ether oxygens (including phenoxy) is 1. The van der Waals surface area contributed by atoms with Crippen LogP contribution >= 0.6 is 0 Å². The van der Waals surface area contributed by atoms with Crippen molar-refractivity contribution in [2.75, 3.05) is 26.0 Å². The Morgan fingerprint density at radius 1 is 1.14 bits per heavy atom. The van der Waals surface area contributed by atoms with Crippen LogP contribution in [0.1, 0.15) is 5.56 Å². The van der Waals surface area contributed by atoms with E-state index in [2.05, 4.69) is 5.32 Å². The summed E-state index contributed by atoms with van der Waals surface area (Å²) in [5, 5.41) is 2.91. The van der Waals surface area contributed by atoms with Crippen molar-refractivity contribution < 1.29 is 32.0 Å². The molecule has 0 saturated heterocycles. The van der Waals surface area contributed by atoms with Crippen LogP contribution < -0.4 is 20.6 Å². The fourth-order valence-electron chi connectivity index (χ4n) is 2.96. The minimum Gasteiger partial charge on any atom is -0.497 e. The zero-order valence-corrected chi connectivity index (χ0v) is 15.6. The summed E-state index contributed by atoms with van der Waals surface area (Å²) in [6.45, 7) is 0.193. The zero-order valence-electron chi connectivity index (χ0n) is 15.6. The van der Waals surface area contributed by atoms with Crippen LogP contribution in [0, 0.1) is 17.5 Å². The highest BCUT2D eigenvalue weighted by Gasteiger charge is 2.18. The van der Waals surface area contributed by atoms with Crippen LogP contribution in [-0.2, 0) is 11.3 Å². The molecule has 0 spiro atoms. The van der Waals surface area contributed by atoms with Crippen molar-refractivity contribution >= 4 is 22.6 Å². The van der Waals surface area contributed by atoms with Gasteiger partial charge in [-0.25, -0.2) is 18.0 Å². The Morgan fingerprint density at radius 2 is 1.90 bits per heavy atom. The number of nitrogens with one attached hydrogen (secondary N) is 2. The highest BCUT2D eigenvalue weighted by atomic mass is 19.2. The first kappa shape index (κ1) is 20.4. The molecule has 152 valence electrons. The second-order valence-electron chi connectivity index (χ2n) is 6.53. The third-order valence-electron chi connectivity index (χ3n) is 4.30. The fraction of sp³-hybridized carbons (Fsp3) is 0.200. The zero-order chi connectivity index (χ0) is 21.1. The van der Waals surface area contributed by atoms with E-state index in [1.165, 1.54) is 13.2 Å². The molecule has 1 aromatic heterocycles. The van der Waals surface area contributed by atoms with Gasteiger partial charge in [-0.2, -0.15) is 0 Å². The molecule has 1 unspecified atom stereocenters. The van der Waals surface area contributed by atoms with Gasteiger partial charge >= 0.3 is 5.63 Å². The van der Waals surface area contributed by atoms with Crippen molar-refractivity contribution in [1.29, 1.82) is 0 Å². The molecule has 6 nitrogen and oxygen atoms in total. The first-order chi connectivity index (χ1) is 13.8. The molecular formula is C20H18F3N2O4+. The van der Waals surface area contributed by atoms with Gasteiger partial charge in [0.15, 0.2) is 24.0 Å². The fourth-order valence-corrected chi connectivity index (χ4v) is 2.96. The quantitative estimate of drug-likeness (QED) is 0.484. The predicted octanol–water partition coefficient (Wildman–Crippen LogP) is 1.87. The van der Waals surface area contributed by atoms with Crippen molar-refractivity contribution in [2.45, 2.75) is 6.54 Å². The lowest BCUT2D eigenvalue weighted by atomic mass is 10.1. The maximum absolute atomic E-state index is 13.7. The molecule has 2 aromatic carbocycles. The first-order valence-corrected chi connectivity index (χ1v) is 8.64. The highest BCUT2D eigenvalue weighted by molar-refractivity contribution is 5.91. The van der Waals surface area contributed by atoms with Gasteiger partial charge in [-0.15, -0.1) is 0 Å². The molecule has 0 aliphatic carbocycles. The number of carbonyl (C=O) groups excluding carboxylic acids is 1. The molecule has 9 heteroatoms. The molecule has 3 aromatic rings. The van der Waals surface area contributed by atoms with E-state index in [1.807, 2.05) is 0 Å². The normalized spacial score (nSPS) is 12.0. The molecule has 3 rings (SSSR count). The summed E-state index contributed by atoms with van der Waals surface area (Å²) in [6.07, 6.45) is 0. The molecule has 0 fully saturated rings. The smallest absolute Gasteiger partial charge is 0.336 e. The van der Waals surface area contributed by atoms with E-state index in [1.54, 1.807) is 25.2 Å². The average molecular weight is 407 g/mol. The van der Waals surface area contributed by atoms with E-state index in [0.29, 0.717) is 33.7 Å². The van der Waals surface area contributed by atoms with E-state index in [9.17, 15) is 22.8 Å². The second-order valence-corrected chi connectivity index (χ2v) is 6.53. The Hall–Kier alpha value is -3.33. The van der Waals surface area contributed by atoms with Crippen LogP contribution in [0.15, 0.2) is 45.6 Å². The number of carbonyl (C=O) groups is 1. The minimum atomic E-state index is -1.65. The van der Waals surface area contributed by atoms with Crippen molar-refractivity contribution in [3.63, 3.8) is 0 Å². The van der Waals surface area contributed by atoms with Crippen molar-refractivity contribution in [1.82, 2.24) is 0 Å². The standard InChI is InChI=1S/C20H17F3N2O4/c1-25(10-17(26)24-15-6-5-14(21)19(22)20(15)23)9-11-7-18(27)29-16-8-12(28-2)3-4-13(11)16/h3-8H,9-10H2,1-2H3,(H,24,26)/p+1. The lowest BCUT2D eigenvalue weighted by Crippen LogP contribution is -3.08. The Morgan fingerprint density at radius 3 is 2.62 bits per heavy atom. The van der Waals surface area contributed by atoms with Crippen LogP contribution in [-0.4, -0.2) is 26.6 Å². The maximum Gasteiger partial charge on any atom is 0.336 e. The molecular weight excluding hydrogens is 389 g/mol. The van der Waals surface area contributed by atoms with Crippen LogP contribution in [0.2, 0.25) is 0 Å².